The van der Waals surface area contributed by atoms with Crippen molar-refractivity contribution in [2.75, 3.05) is 0 Å². The summed E-state index contributed by atoms with van der Waals surface area (Å²) in [6.07, 6.45) is 1.06. The number of carbonyl (C=O) groups is 2. The number of aromatic nitrogens is 2. The van der Waals surface area contributed by atoms with Gasteiger partial charge in [-0.2, -0.15) is 0 Å². The summed E-state index contributed by atoms with van der Waals surface area (Å²) >= 11 is 0. The highest BCUT2D eigenvalue weighted by Gasteiger charge is 2.17. The molecule has 1 heterocycles. The average molecular weight is 322 g/mol. The fourth-order valence-electron chi connectivity index (χ4n) is 2.75. The normalized spacial score (nSPS) is 10.8. The number of rotatable bonds is 6. The second-order valence-electron chi connectivity index (χ2n) is 5.66. The van der Waals surface area contributed by atoms with Gasteiger partial charge in [-0.25, -0.2) is 4.98 Å². The molecule has 0 aliphatic rings. The lowest BCUT2D eigenvalue weighted by Crippen LogP contribution is -2.15. The van der Waals surface area contributed by atoms with E-state index >= 15 is 0 Å². The minimum atomic E-state index is -0.886. The van der Waals surface area contributed by atoms with Crippen molar-refractivity contribution in [1.82, 2.24) is 9.55 Å². The molecular weight excluding hydrogens is 304 g/mol. The van der Waals surface area contributed by atoms with Crippen LogP contribution < -0.4 is 0 Å². The number of aliphatic carboxylic acids is 1. The van der Waals surface area contributed by atoms with Crippen molar-refractivity contribution in [2.45, 2.75) is 25.7 Å². The summed E-state index contributed by atoms with van der Waals surface area (Å²) in [7, 11) is 0. The van der Waals surface area contributed by atoms with E-state index in [1.807, 2.05) is 54.6 Å². The van der Waals surface area contributed by atoms with Crippen LogP contribution in [0.3, 0.4) is 0 Å². The lowest BCUT2D eigenvalue weighted by Gasteiger charge is -2.08. The van der Waals surface area contributed by atoms with E-state index in [1.165, 1.54) is 0 Å². The molecule has 0 radical (unpaired) electrons. The van der Waals surface area contributed by atoms with E-state index in [9.17, 15) is 9.59 Å². The molecule has 0 aliphatic heterocycles. The number of benzene rings is 2. The summed E-state index contributed by atoms with van der Waals surface area (Å²) in [4.78, 5) is 27.9. The van der Waals surface area contributed by atoms with E-state index in [0.717, 1.165) is 16.6 Å². The van der Waals surface area contributed by atoms with Crippen molar-refractivity contribution in [3.63, 3.8) is 0 Å². The summed E-state index contributed by atoms with van der Waals surface area (Å²) in [5, 5.41) is 8.75. The molecule has 0 fully saturated rings. The first-order valence-corrected chi connectivity index (χ1v) is 7.90. The first-order chi connectivity index (χ1) is 11.6. The van der Waals surface area contributed by atoms with Crippen molar-refractivity contribution in [1.29, 1.82) is 0 Å². The number of imidazole rings is 1. The Bertz CT molecular complexity index is 869. The maximum atomic E-state index is 12.6. The van der Waals surface area contributed by atoms with Gasteiger partial charge >= 0.3 is 5.97 Å². The van der Waals surface area contributed by atoms with Gasteiger partial charge in [0, 0.05) is 19.3 Å². The minimum Gasteiger partial charge on any atom is -0.481 e. The predicted octanol–water partition coefficient (Wildman–Crippen LogP) is 3.52. The van der Waals surface area contributed by atoms with Crippen LogP contribution in [0, 0.1) is 0 Å². The Balaban J connectivity index is 1.93. The number of nitrogens with zero attached hydrogens (tertiary/aromatic N) is 2. The standard InChI is InChI=1S/C19H18N2O3/c22-18(11-6-12-19(23)24)21-16-10-5-4-9-15(16)20-17(21)13-14-7-2-1-3-8-14/h1-5,7-10H,6,11-13H2,(H,23,24). The molecule has 0 saturated carbocycles. The quantitative estimate of drug-likeness (QED) is 0.753. The van der Waals surface area contributed by atoms with E-state index in [2.05, 4.69) is 4.98 Å². The van der Waals surface area contributed by atoms with Gasteiger partial charge < -0.3 is 5.11 Å². The van der Waals surface area contributed by atoms with Crippen LogP contribution in [-0.4, -0.2) is 26.5 Å². The van der Waals surface area contributed by atoms with E-state index in [4.69, 9.17) is 5.11 Å². The average Bonchev–Trinajstić information content (AvgIpc) is 2.93. The van der Waals surface area contributed by atoms with Gasteiger partial charge in [0.1, 0.15) is 5.82 Å². The SMILES string of the molecule is O=C(O)CCCC(=O)n1c(Cc2ccccc2)nc2ccccc21. The minimum absolute atomic E-state index is 0.00755. The maximum absolute atomic E-state index is 12.6. The summed E-state index contributed by atoms with van der Waals surface area (Å²) in [5.41, 5.74) is 2.62. The summed E-state index contributed by atoms with van der Waals surface area (Å²) in [5.74, 6) is -0.318. The molecule has 0 saturated heterocycles. The molecule has 122 valence electrons. The molecular formula is C19H18N2O3. The van der Waals surface area contributed by atoms with Gasteiger partial charge in [-0.3, -0.25) is 14.2 Å². The Hall–Kier alpha value is -2.95. The third kappa shape index (κ3) is 3.51. The fourth-order valence-corrected chi connectivity index (χ4v) is 2.75. The molecule has 0 bridgehead atoms. The van der Waals surface area contributed by atoms with Crippen molar-refractivity contribution >= 4 is 22.9 Å². The number of carbonyl (C=O) groups excluding carboxylic acids is 1. The van der Waals surface area contributed by atoms with E-state index in [0.29, 0.717) is 18.7 Å². The van der Waals surface area contributed by atoms with Crippen LogP contribution in [0.2, 0.25) is 0 Å². The van der Waals surface area contributed by atoms with Crippen LogP contribution in [0.4, 0.5) is 0 Å². The number of carboxylic acid groups (broad SMARTS) is 1. The number of hydrogen-bond acceptors (Lipinski definition) is 3. The molecule has 3 rings (SSSR count). The topological polar surface area (TPSA) is 72.2 Å². The fraction of sp³-hybridized carbons (Fsp3) is 0.211. The molecule has 24 heavy (non-hydrogen) atoms. The van der Waals surface area contributed by atoms with Crippen LogP contribution in [0.25, 0.3) is 11.0 Å². The van der Waals surface area contributed by atoms with Crippen LogP contribution >= 0.6 is 0 Å². The highest BCUT2D eigenvalue weighted by molar-refractivity contribution is 5.91. The molecule has 0 aliphatic carbocycles. The molecule has 1 N–H and O–H groups in total. The monoisotopic (exact) mass is 322 g/mol. The predicted molar refractivity (Wildman–Crippen MR) is 91.1 cm³/mol. The molecule has 1 aromatic heterocycles. The Morgan fingerprint density at radius 1 is 0.958 bits per heavy atom. The zero-order valence-corrected chi connectivity index (χ0v) is 13.2. The van der Waals surface area contributed by atoms with Gasteiger partial charge in [0.25, 0.3) is 0 Å². The van der Waals surface area contributed by atoms with Crippen LogP contribution in [0.5, 0.6) is 0 Å². The first-order valence-electron chi connectivity index (χ1n) is 7.90. The van der Waals surface area contributed by atoms with E-state index < -0.39 is 5.97 Å². The first kappa shape index (κ1) is 15.9. The third-order valence-corrected chi connectivity index (χ3v) is 3.87. The largest absolute Gasteiger partial charge is 0.481 e. The second kappa shape index (κ2) is 7.08. The molecule has 5 nitrogen and oxygen atoms in total. The number of fused-ring (bicyclic) bond motifs is 1. The maximum Gasteiger partial charge on any atom is 0.303 e. The highest BCUT2D eigenvalue weighted by atomic mass is 16.4. The molecule has 0 amide bonds. The Kier molecular flexibility index (Phi) is 4.70. The van der Waals surface area contributed by atoms with Gasteiger partial charge in [0.05, 0.1) is 11.0 Å². The van der Waals surface area contributed by atoms with Crippen LogP contribution in [-0.2, 0) is 11.2 Å². The molecule has 0 unspecified atom stereocenters. The molecule has 2 aromatic carbocycles. The second-order valence-corrected chi connectivity index (χ2v) is 5.66. The zero-order valence-electron chi connectivity index (χ0n) is 13.2. The molecule has 0 spiro atoms. The van der Waals surface area contributed by atoms with Crippen LogP contribution in [0.1, 0.15) is 35.4 Å². The lowest BCUT2D eigenvalue weighted by molar-refractivity contribution is -0.137. The Labute approximate surface area is 139 Å². The smallest absolute Gasteiger partial charge is 0.303 e. The third-order valence-electron chi connectivity index (χ3n) is 3.87. The Morgan fingerprint density at radius 2 is 1.67 bits per heavy atom. The van der Waals surface area contributed by atoms with Gasteiger partial charge in [0.2, 0.25) is 5.91 Å². The summed E-state index contributed by atoms with van der Waals surface area (Å²) in [6.45, 7) is 0. The Morgan fingerprint density at radius 3 is 2.42 bits per heavy atom. The van der Waals surface area contributed by atoms with Gasteiger partial charge in [-0.05, 0) is 24.1 Å². The van der Waals surface area contributed by atoms with E-state index in [-0.39, 0.29) is 18.7 Å². The molecule has 3 aromatic rings. The number of carboxylic acids is 1. The van der Waals surface area contributed by atoms with Crippen molar-refractivity contribution < 1.29 is 14.7 Å². The van der Waals surface area contributed by atoms with Gasteiger partial charge in [0.15, 0.2) is 0 Å². The van der Waals surface area contributed by atoms with Gasteiger partial charge in [-0.15, -0.1) is 0 Å². The van der Waals surface area contributed by atoms with Crippen LogP contribution in [0.15, 0.2) is 54.6 Å². The van der Waals surface area contributed by atoms with Crippen molar-refractivity contribution in [3.05, 3.63) is 66.0 Å². The lowest BCUT2D eigenvalue weighted by atomic mass is 10.1. The van der Waals surface area contributed by atoms with Crippen molar-refractivity contribution in [2.24, 2.45) is 0 Å². The van der Waals surface area contributed by atoms with Crippen molar-refractivity contribution in [3.8, 4) is 0 Å². The highest BCUT2D eigenvalue weighted by Crippen LogP contribution is 2.19. The summed E-state index contributed by atoms with van der Waals surface area (Å²) < 4.78 is 1.63. The van der Waals surface area contributed by atoms with Gasteiger partial charge in [-0.1, -0.05) is 42.5 Å². The number of para-hydroxylation sites is 2. The van der Waals surface area contributed by atoms with E-state index in [1.54, 1.807) is 4.57 Å². The molecule has 5 heteroatoms. The zero-order chi connectivity index (χ0) is 16.9. The summed E-state index contributed by atoms with van der Waals surface area (Å²) in [6, 6.07) is 17.4. The number of hydrogen-bond donors (Lipinski definition) is 1. The molecule has 0 atom stereocenters.